The van der Waals surface area contributed by atoms with E-state index in [1.54, 1.807) is 52.5 Å². The predicted octanol–water partition coefficient (Wildman–Crippen LogP) is 2.46. The summed E-state index contributed by atoms with van der Waals surface area (Å²) in [5.74, 6) is -0.438. The number of aromatic nitrogens is 2. The molecule has 0 fully saturated rings. The summed E-state index contributed by atoms with van der Waals surface area (Å²) in [4.78, 5) is 27.5. The van der Waals surface area contributed by atoms with Gasteiger partial charge in [0, 0.05) is 24.4 Å². The molecule has 1 aromatic carbocycles. The molecule has 1 amide bonds. The van der Waals surface area contributed by atoms with E-state index < -0.39 is 23.7 Å². The number of nitrogens with one attached hydrogen (secondary N) is 1. The highest BCUT2D eigenvalue weighted by Crippen LogP contribution is 2.22. The summed E-state index contributed by atoms with van der Waals surface area (Å²) in [7, 11) is 1.58. The predicted molar refractivity (Wildman–Crippen MR) is 98.8 cm³/mol. The fourth-order valence-electron chi connectivity index (χ4n) is 2.55. The molecule has 0 radical (unpaired) electrons. The number of alkyl carbamates (subject to hydrolysis) is 1. The van der Waals surface area contributed by atoms with Gasteiger partial charge in [-0.3, -0.25) is 0 Å². The van der Waals surface area contributed by atoms with Gasteiger partial charge in [0.2, 0.25) is 0 Å². The lowest BCUT2D eigenvalue weighted by Gasteiger charge is -2.22. The number of imidazole rings is 1. The minimum absolute atomic E-state index is 0.121. The summed E-state index contributed by atoms with van der Waals surface area (Å²) in [6.45, 7) is 5.69. The SMILES string of the molecule is COc1ccc(CC(NC(=O)OC(C)(C)C)C(=O)O)cc1Cn1ccnc1. The van der Waals surface area contributed by atoms with Crippen molar-refractivity contribution in [2.24, 2.45) is 0 Å². The zero-order valence-electron chi connectivity index (χ0n) is 15.9. The van der Waals surface area contributed by atoms with Crippen LogP contribution in [0.15, 0.2) is 36.9 Å². The fraction of sp³-hybridized carbons (Fsp3) is 0.421. The average molecular weight is 375 g/mol. The van der Waals surface area contributed by atoms with Crippen LogP contribution in [0, 0.1) is 0 Å². The number of amides is 1. The first-order valence-electron chi connectivity index (χ1n) is 8.52. The number of carbonyl (C=O) groups excluding carboxylic acids is 1. The number of methoxy groups -OCH3 is 1. The molecule has 0 saturated carbocycles. The van der Waals surface area contributed by atoms with Crippen molar-refractivity contribution in [2.45, 2.75) is 45.4 Å². The molecule has 0 aliphatic rings. The van der Waals surface area contributed by atoms with Crippen molar-refractivity contribution in [2.75, 3.05) is 7.11 Å². The Bertz CT molecular complexity index is 781. The summed E-state index contributed by atoms with van der Waals surface area (Å²) in [5, 5.41) is 11.9. The van der Waals surface area contributed by atoms with Gasteiger partial charge in [-0.2, -0.15) is 0 Å². The molecule has 146 valence electrons. The van der Waals surface area contributed by atoms with Gasteiger partial charge in [0.25, 0.3) is 0 Å². The van der Waals surface area contributed by atoms with Gasteiger partial charge in [-0.05, 0) is 32.4 Å². The van der Waals surface area contributed by atoms with E-state index in [0.29, 0.717) is 12.3 Å². The van der Waals surface area contributed by atoms with Crippen molar-refractivity contribution in [3.8, 4) is 5.75 Å². The highest BCUT2D eigenvalue weighted by Gasteiger charge is 2.24. The first-order chi connectivity index (χ1) is 12.7. The molecule has 0 spiro atoms. The summed E-state index contributed by atoms with van der Waals surface area (Å²) < 4.78 is 12.4. The normalized spacial score (nSPS) is 12.3. The molecule has 1 unspecified atom stereocenters. The van der Waals surface area contributed by atoms with E-state index in [0.717, 1.165) is 11.1 Å². The zero-order valence-corrected chi connectivity index (χ0v) is 15.9. The van der Waals surface area contributed by atoms with Gasteiger partial charge in [0.05, 0.1) is 20.0 Å². The van der Waals surface area contributed by atoms with E-state index in [-0.39, 0.29) is 6.42 Å². The molecule has 1 aromatic heterocycles. The lowest BCUT2D eigenvalue weighted by Crippen LogP contribution is -2.44. The van der Waals surface area contributed by atoms with Crippen LogP contribution in [0.3, 0.4) is 0 Å². The van der Waals surface area contributed by atoms with E-state index in [4.69, 9.17) is 9.47 Å². The van der Waals surface area contributed by atoms with Crippen LogP contribution in [0.5, 0.6) is 5.75 Å². The molecule has 8 nitrogen and oxygen atoms in total. The number of ether oxygens (including phenoxy) is 2. The van der Waals surface area contributed by atoms with Crippen molar-refractivity contribution >= 4 is 12.1 Å². The number of carboxylic acid groups (broad SMARTS) is 1. The standard InChI is InChI=1S/C19H25N3O5/c1-19(2,3)27-18(25)21-15(17(23)24)10-13-5-6-16(26-4)14(9-13)11-22-8-7-20-12-22/h5-9,12,15H,10-11H2,1-4H3,(H,21,25)(H,23,24). The number of rotatable bonds is 7. The highest BCUT2D eigenvalue weighted by molar-refractivity contribution is 5.80. The van der Waals surface area contributed by atoms with Crippen LogP contribution in [0.2, 0.25) is 0 Å². The molecule has 0 saturated heterocycles. The average Bonchev–Trinajstić information content (AvgIpc) is 3.05. The third-order valence-electron chi connectivity index (χ3n) is 3.69. The van der Waals surface area contributed by atoms with Crippen LogP contribution in [-0.4, -0.2) is 45.5 Å². The third-order valence-corrected chi connectivity index (χ3v) is 3.69. The van der Waals surface area contributed by atoms with Gasteiger partial charge >= 0.3 is 12.1 Å². The van der Waals surface area contributed by atoms with Gasteiger partial charge in [0.1, 0.15) is 17.4 Å². The molecule has 2 rings (SSSR count). The maximum absolute atomic E-state index is 11.9. The van der Waals surface area contributed by atoms with Crippen molar-refractivity contribution in [3.05, 3.63) is 48.0 Å². The molecule has 8 heteroatoms. The summed E-state index contributed by atoms with van der Waals surface area (Å²) in [5.41, 5.74) is 0.939. The molecule has 2 N–H and O–H groups in total. The molecule has 0 bridgehead atoms. The minimum atomic E-state index is -1.13. The number of hydrogen-bond acceptors (Lipinski definition) is 5. The Hall–Kier alpha value is -3.03. The third kappa shape index (κ3) is 6.32. The Labute approximate surface area is 158 Å². The van der Waals surface area contributed by atoms with Crippen molar-refractivity contribution in [3.63, 3.8) is 0 Å². The Morgan fingerprint density at radius 3 is 2.63 bits per heavy atom. The van der Waals surface area contributed by atoms with E-state index in [9.17, 15) is 14.7 Å². The van der Waals surface area contributed by atoms with Gasteiger partial charge in [-0.1, -0.05) is 12.1 Å². The number of hydrogen-bond donors (Lipinski definition) is 2. The molecule has 27 heavy (non-hydrogen) atoms. The Morgan fingerprint density at radius 1 is 1.33 bits per heavy atom. The van der Waals surface area contributed by atoms with Crippen LogP contribution in [0.25, 0.3) is 0 Å². The summed E-state index contributed by atoms with van der Waals surface area (Å²) in [6.07, 6.45) is 4.56. The number of aliphatic carboxylic acids is 1. The maximum Gasteiger partial charge on any atom is 0.408 e. The van der Waals surface area contributed by atoms with E-state index in [1.807, 2.05) is 16.8 Å². The largest absolute Gasteiger partial charge is 0.496 e. The monoisotopic (exact) mass is 375 g/mol. The smallest absolute Gasteiger partial charge is 0.408 e. The fourth-order valence-corrected chi connectivity index (χ4v) is 2.55. The summed E-state index contributed by atoms with van der Waals surface area (Å²) >= 11 is 0. The molecule has 2 aromatic rings. The topological polar surface area (TPSA) is 103 Å². The van der Waals surface area contributed by atoms with Crippen LogP contribution in [0.4, 0.5) is 4.79 Å². The molecule has 1 heterocycles. The number of benzene rings is 1. The first-order valence-corrected chi connectivity index (χ1v) is 8.52. The van der Waals surface area contributed by atoms with Crippen molar-refractivity contribution in [1.29, 1.82) is 0 Å². The second-order valence-corrected chi connectivity index (χ2v) is 7.12. The van der Waals surface area contributed by atoms with Gasteiger partial charge < -0.3 is 24.5 Å². The van der Waals surface area contributed by atoms with Gasteiger partial charge in [-0.25, -0.2) is 14.6 Å². The lowest BCUT2D eigenvalue weighted by atomic mass is 10.0. The zero-order chi connectivity index (χ0) is 20.0. The van der Waals surface area contributed by atoms with Crippen molar-refractivity contribution < 1.29 is 24.2 Å². The molecular weight excluding hydrogens is 350 g/mol. The lowest BCUT2D eigenvalue weighted by molar-refractivity contribution is -0.139. The molecule has 0 aliphatic carbocycles. The molecular formula is C19H25N3O5. The Balaban J connectivity index is 2.15. The first kappa shape index (κ1) is 20.3. The number of carbonyl (C=O) groups is 2. The molecule has 1 atom stereocenters. The minimum Gasteiger partial charge on any atom is -0.496 e. The second-order valence-electron chi connectivity index (χ2n) is 7.12. The van der Waals surface area contributed by atoms with Crippen LogP contribution < -0.4 is 10.1 Å². The molecule has 0 aliphatic heterocycles. The second kappa shape index (κ2) is 8.57. The van der Waals surface area contributed by atoms with Crippen LogP contribution in [0.1, 0.15) is 31.9 Å². The summed E-state index contributed by atoms with van der Waals surface area (Å²) in [6, 6.07) is 4.33. The quantitative estimate of drug-likeness (QED) is 0.771. The highest BCUT2D eigenvalue weighted by atomic mass is 16.6. The Morgan fingerprint density at radius 2 is 2.07 bits per heavy atom. The van der Waals surface area contributed by atoms with E-state index in [1.165, 1.54) is 0 Å². The number of nitrogens with zero attached hydrogens (tertiary/aromatic N) is 2. The van der Waals surface area contributed by atoms with Gasteiger partial charge in [0.15, 0.2) is 0 Å². The van der Waals surface area contributed by atoms with Crippen molar-refractivity contribution in [1.82, 2.24) is 14.9 Å². The van der Waals surface area contributed by atoms with Gasteiger partial charge in [-0.15, -0.1) is 0 Å². The van der Waals surface area contributed by atoms with Crippen LogP contribution >= 0.6 is 0 Å². The van der Waals surface area contributed by atoms with E-state index >= 15 is 0 Å². The maximum atomic E-state index is 11.9. The number of carboxylic acids is 1. The Kier molecular flexibility index (Phi) is 6.44. The van der Waals surface area contributed by atoms with E-state index in [2.05, 4.69) is 10.3 Å². The van der Waals surface area contributed by atoms with Crippen LogP contribution in [-0.2, 0) is 22.5 Å².